The normalized spacial score (nSPS) is 15.6. The fraction of sp³-hybridized carbons (Fsp3) is 0.333. The van der Waals surface area contributed by atoms with E-state index in [2.05, 4.69) is 10.1 Å². The Morgan fingerprint density at radius 1 is 1.15 bits per heavy atom. The van der Waals surface area contributed by atoms with Crippen LogP contribution in [0.2, 0.25) is 0 Å². The van der Waals surface area contributed by atoms with Gasteiger partial charge in [-0.25, -0.2) is 8.78 Å². The molecule has 1 aromatic heterocycles. The summed E-state index contributed by atoms with van der Waals surface area (Å²) in [6.45, 7) is 2.45. The van der Waals surface area contributed by atoms with Gasteiger partial charge in [0.15, 0.2) is 11.6 Å². The van der Waals surface area contributed by atoms with Crippen molar-refractivity contribution in [1.29, 1.82) is 0 Å². The summed E-state index contributed by atoms with van der Waals surface area (Å²) in [4.78, 5) is 6.04. The summed E-state index contributed by atoms with van der Waals surface area (Å²) >= 11 is 0. The van der Waals surface area contributed by atoms with E-state index in [1.165, 1.54) is 0 Å². The van der Waals surface area contributed by atoms with E-state index in [1.54, 1.807) is 0 Å². The van der Waals surface area contributed by atoms with E-state index in [1.807, 2.05) is 4.90 Å². The van der Waals surface area contributed by atoms with Crippen molar-refractivity contribution < 1.29 is 18.0 Å². The van der Waals surface area contributed by atoms with Gasteiger partial charge in [-0.05, 0) is 11.2 Å². The Balaban J connectivity index is 1.91. The fourth-order valence-corrected chi connectivity index (χ4v) is 1.96. The number of anilines is 2. The van der Waals surface area contributed by atoms with Crippen molar-refractivity contribution in [2.45, 2.75) is 0 Å². The van der Waals surface area contributed by atoms with E-state index in [-0.39, 0.29) is 17.1 Å². The summed E-state index contributed by atoms with van der Waals surface area (Å²) in [6, 6.07) is 1.84. The van der Waals surface area contributed by atoms with Gasteiger partial charge in [-0.1, -0.05) is 0 Å². The van der Waals surface area contributed by atoms with Crippen LogP contribution >= 0.6 is 0 Å². The van der Waals surface area contributed by atoms with Crippen molar-refractivity contribution in [1.82, 2.24) is 10.1 Å². The number of hydrogen-bond donors (Lipinski definition) is 1. The maximum atomic E-state index is 13.3. The van der Waals surface area contributed by atoms with Gasteiger partial charge in [0.1, 0.15) is 0 Å². The average molecular weight is 282 g/mol. The molecule has 1 aromatic carbocycles. The van der Waals surface area contributed by atoms with Crippen molar-refractivity contribution in [3.05, 3.63) is 23.8 Å². The molecule has 1 aliphatic rings. The second kappa shape index (κ2) is 5.04. The summed E-state index contributed by atoms with van der Waals surface area (Å²) in [5.41, 5.74) is 5.86. The fourth-order valence-electron chi connectivity index (χ4n) is 1.96. The lowest BCUT2D eigenvalue weighted by molar-refractivity contribution is 0.121. The molecule has 0 atom stereocenters. The summed E-state index contributed by atoms with van der Waals surface area (Å²) in [5.74, 6) is -1.59. The van der Waals surface area contributed by atoms with Crippen LogP contribution in [0.3, 0.4) is 0 Å². The van der Waals surface area contributed by atoms with Crippen molar-refractivity contribution in [3.63, 3.8) is 0 Å². The Kier molecular flexibility index (Phi) is 3.23. The number of rotatable bonds is 2. The molecular weight excluding hydrogens is 270 g/mol. The molecule has 0 spiro atoms. The monoisotopic (exact) mass is 282 g/mol. The van der Waals surface area contributed by atoms with Crippen molar-refractivity contribution in [3.8, 4) is 11.5 Å². The van der Waals surface area contributed by atoms with E-state index in [4.69, 9.17) is 15.0 Å². The minimum absolute atomic E-state index is 0.0427. The molecule has 1 aliphatic heterocycles. The maximum Gasteiger partial charge on any atom is 0.266 e. The van der Waals surface area contributed by atoms with Crippen LogP contribution in [0.15, 0.2) is 16.7 Å². The van der Waals surface area contributed by atoms with Crippen LogP contribution in [0.1, 0.15) is 0 Å². The third-order valence-electron chi connectivity index (χ3n) is 3.03. The molecule has 20 heavy (non-hydrogen) atoms. The number of nitrogen functional groups attached to an aromatic ring is 1. The van der Waals surface area contributed by atoms with Crippen LogP contribution in [0, 0.1) is 11.6 Å². The maximum absolute atomic E-state index is 13.3. The quantitative estimate of drug-likeness (QED) is 0.840. The van der Waals surface area contributed by atoms with E-state index in [0.717, 1.165) is 12.1 Å². The van der Waals surface area contributed by atoms with E-state index in [0.29, 0.717) is 32.3 Å². The second-order valence-corrected chi connectivity index (χ2v) is 4.35. The highest BCUT2D eigenvalue weighted by Crippen LogP contribution is 2.28. The third-order valence-corrected chi connectivity index (χ3v) is 3.03. The predicted molar refractivity (Wildman–Crippen MR) is 67.1 cm³/mol. The highest BCUT2D eigenvalue weighted by atomic mass is 19.2. The van der Waals surface area contributed by atoms with Crippen molar-refractivity contribution in [2.24, 2.45) is 0 Å². The van der Waals surface area contributed by atoms with Gasteiger partial charge in [0.25, 0.3) is 11.8 Å². The van der Waals surface area contributed by atoms with Gasteiger partial charge in [-0.15, -0.1) is 0 Å². The number of hydrogen-bond acceptors (Lipinski definition) is 6. The molecule has 0 radical (unpaired) electrons. The minimum Gasteiger partial charge on any atom is -0.398 e. The van der Waals surface area contributed by atoms with Gasteiger partial charge in [0.05, 0.1) is 18.8 Å². The third kappa shape index (κ3) is 2.29. The zero-order valence-electron chi connectivity index (χ0n) is 10.5. The lowest BCUT2D eigenvalue weighted by Gasteiger charge is -2.24. The first-order valence-electron chi connectivity index (χ1n) is 6.06. The van der Waals surface area contributed by atoms with E-state index >= 15 is 0 Å². The lowest BCUT2D eigenvalue weighted by Crippen LogP contribution is -2.36. The molecule has 0 amide bonds. The Bertz CT molecular complexity index is 626. The smallest absolute Gasteiger partial charge is 0.266 e. The summed E-state index contributed by atoms with van der Waals surface area (Å²) in [6.07, 6.45) is 0. The molecule has 2 heterocycles. The van der Waals surface area contributed by atoms with Gasteiger partial charge in [0.2, 0.25) is 0 Å². The number of halogens is 2. The predicted octanol–water partition coefficient (Wildman–Crippen LogP) is 1.43. The highest BCUT2D eigenvalue weighted by molar-refractivity contribution is 5.70. The van der Waals surface area contributed by atoms with Crippen LogP contribution < -0.4 is 10.6 Å². The van der Waals surface area contributed by atoms with Crippen LogP contribution in [0.4, 0.5) is 20.4 Å². The van der Waals surface area contributed by atoms with Gasteiger partial charge in [-0.2, -0.15) is 4.98 Å². The van der Waals surface area contributed by atoms with Crippen LogP contribution in [0.5, 0.6) is 0 Å². The minimum atomic E-state index is -1.01. The summed E-state index contributed by atoms with van der Waals surface area (Å²) in [5, 5.41) is 3.82. The average Bonchev–Trinajstić information content (AvgIpc) is 2.93. The molecule has 1 saturated heterocycles. The lowest BCUT2D eigenvalue weighted by atomic mass is 10.1. The standard InChI is InChI=1S/C12H12F2N4O2/c13-8-5-7(10(15)6-9(8)14)11-16-12(17-20-11)18-1-3-19-4-2-18/h5-6H,1-4,15H2. The first-order valence-corrected chi connectivity index (χ1v) is 6.06. The first-order chi connectivity index (χ1) is 9.65. The molecule has 3 rings (SSSR count). The topological polar surface area (TPSA) is 77.4 Å². The van der Waals surface area contributed by atoms with E-state index in [9.17, 15) is 8.78 Å². The Morgan fingerprint density at radius 3 is 2.60 bits per heavy atom. The van der Waals surface area contributed by atoms with E-state index < -0.39 is 11.6 Å². The van der Waals surface area contributed by atoms with Crippen molar-refractivity contribution >= 4 is 11.6 Å². The molecule has 106 valence electrons. The Morgan fingerprint density at radius 2 is 1.85 bits per heavy atom. The number of nitrogens with two attached hydrogens (primary N) is 1. The van der Waals surface area contributed by atoms with Gasteiger partial charge >= 0.3 is 0 Å². The van der Waals surface area contributed by atoms with Crippen LogP contribution in [-0.2, 0) is 4.74 Å². The highest BCUT2D eigenvalue weighted by Gasteiger charge is 2.20. The zero-order valence-corrected chi connectivity index (χ0v) is 10.5. The molecule has 1 fully saturated rings. The SMILES string of the molecule is Nc1cc(F)c(F)cc1-c1nc(N2CCOCC2)no1. The molecule has 0 unspecified atom stereocenters. The number of ether oxygens (including phenoxy) is 1. The number of morpholine rings is 1. The number of nitrogens with zero attached hydrogens (tertiary/aromatic N) is 3. The van der Waals surface area contributed by atoms with Crippen molar-refractivity contribution in [2.75, 3.05) is 36.9 Å². The number of aromatic nitrogens is 2. The largest absolute Gasteiger partial charge is 0.398 e. The van der Waals surface area contributed by atoms with Crippen LogP contribution in [0.25, 0.3) is 11.5 Å². The van der Waals surface area contributed by atoms with Crippen LogP contribution in [-0.4, -0.2) is 36.4 Å². The number of benzene rings is 1. The summed E-state index contributed by atoms with van der Waals surface area (Å²) in [7, 11) is 0. The molecule has 6 nitrogen and oxygen atoms in total. The molecule has 2 N–H and O–H groups in total. The first kappa shape index (κ1) is 12.8. The summed E-state index contributed by atoms with van der Waals surface area (Å²) < 4.78 is 36.6. The zero-order chi connectivity index (χ0) is 14.1. The molecular formula is C12H12F2N4O2. The molecule has 0 saturated carbocycles. The Hall–Kier alpha value is -2.22. The second-order valence-electron chi connectivity index (χ2n) is 4.35. The molecule has 0 bridgehead atoms. The van der Waals surface area contributed by atoms with Gasteiger partial charge in [-0.3, -0.25) is 0 Å². The Labute approximate surface area is 113 Å². The molecule has 0 aliphatic carbocycles. The van der Waals surface area contributed by atoms with Gasteiger partial charge < -0.3 is 19.9 Å². The van der Waals surface area contributed by atoms with Gasteiger partial charge in [0, 0.05) is 24.8 Å². The molecule has 2 aromatic rings. The molecule has 8 heteroatoms.